The number of amides is 1. The van der Waals surface area contributed by atoms with Gasteiger partial charge in [-0.2, -0.15) is 4.39 Å². The van der Waals surface area contributed by atoms with Crippen LogP contribution in [0.25, 0.3) is 22.6 Å². The van der Waals surface area contributed by atoms with Gasteiger partial charge in [-0.15, -0.1) is 0 Å². The molecule has 2 aromatic heterocycles. The van der Waals surface area contributed by atoms with Crippen LogP contribution in [0, 0.1) is 11.6 Å². The summed E-state index contributed by atoms with van der Waals surface area (Å²) in [6, 6.07) is 12.1. The molecule has 4 aromatic rings. The molecule has 0 aliphatic carbocycles. The molecule has 8 heteroatoms. The molecule has 0 saturated heterocycles. The summed E-state index contributed by atoms with van der Waals surface area (Å²) in [6.07, 6.45) is 2.23. The van der Waals surface area contributed by atoms with Crippen molar-refractivity contribution in [2.75, 3.05) is 5.32 Å². The van der Waals surface area contributed by atoms with Crippen LogP contribution in [0.5, 0.6) is 5.75 Å². The molecule has 1 N–H and O–H groups in total. The van der Waals surface area contributed by atoms with Crippen molar-refractivity contribution in [3.8, 4) is 17.2 Å². The smallest absolute Gasteiger partial charge is 0.265 e. The second kappa shape index (κ2) is 7.67. The monoisotopic (exact) mass is 395 g/mol. The number of ether oxygens (including phenoxy) is 1. The summed E-state index contributed by atoms with van der Waals surface area (Å²) in [5.41, 5.74) is 2.36. The van der Waals surface area contributed by atoms with Crippen molar-refractivity contribution in [3.05, 3.63) is 72.6 Å². The first-order valence-electron chi connectivity index (χ1n) is 8.74. The van der Waals surface area contributed by atoms with E-state index >= 15 is 0 Å². The Bertz CT molecular complexity index is 1180. The van der Waals surface area contributed by atoms with Crippen LogP contribution in [0.4, 0.5) is 14.5 Å². The third-order valence-corrected chi connectivity index (χ3v) is 4.17. The first-order chi connectivity index (χ1) is 14.0. The van der Waals surface area contributed by atoms with Gasteiger partial charge in [0.05, 0.1) is 0 Å². The van der Waals surface area contributed by atoms with Gasteiger partial charge in [-0.3, -0.25) is 9.78 Å². The number of halogens is 2. The van der Waals surface area contributed by atoms with Crippen molar-refractivity contribution in [1.82, 2.24) is 9.97 Å². The molecule has 29 heavy (non-hydrogen) atoms. The molecular weight excluding hydrogens is 380 g/mol. The third kappa shape index (κ3) is 3.91. The fourth-order valence-corrected chi connectivity index (χ4v) is 2.69. The molecule has 2 heterocycles. The van der Waals surface area contributed by atoms with Crippen LogP contribution in [-0.2, 0) is 4.79 Å². The molecule has 0 unspecified atom stereocenters. The Hall–Kier alpha value is -3.81. The summed E-state index contributed by atoms with van der Waals surface area (Å²) in [4.78, 5) is 20.7. The standard InChI is InChI=1S/C21H15F2N3O3/c1-12(28-18-4-2-3-15(22)19(18)23)20(27)25-14-5-6-17-16(11-14)26-21(29-17)13-7-9-24-10-8-13/h2-12H,1H3,(H,25,27)/t12-/m0/s1. The number of fused-ring (bicyclic) bond motifs is 1. The number of rotatable bonds is 5. The zero-order valence-corrected chi connectivity index (χ0v) is 15.2. The molecular formula is C21H15F2N3O3. The van der Waals surface area contributed by atoms with Crippen LogP contribution >= 0.6 is 0 Å². The van der Waals surface area contributed by atoms with Gasteiger partial charge in [0.25, 0.3) is 5.91 Å². The topological polar surface area (TPSA) is 77.2 Å². The van der Waals surface area contributed by atoms with Crippen LogP contribution in [0.2, 0.25) is 0 Å². The Morgan fingerprint density at radius 2 is 1.93 bits per heavy atom. The van der Waals surface area contributed by atoms with E-state index in [0.717, 1.165) is 11.6 Å². The highest BCUT2D eigenvalue weighted by Gasteiger charge is 2.19. The molecule has 0 aliphatic rings. The lowest BCUT2D eigenvalue weighted by Crippen LogP contribution is -2.30. The van der Waals surface area contributed by atoms with E-state index in [1.807, 2.05) is 0 Å². The molecule has 4 rings (SSSR count). The molecule has 0 saturated carbocycles. The van der Waals surface area contributed by atoms with E-state index in [1.54, 1.807) is 42.7 Å². The average molecular weight is 395 g/mol. The predicted molar refractivity (Wildman–Crippen MR) is 102 cm³/mol. The zero-order valence-electron chi connectivity index (χ0n) is 15.2. The third-order valence-electron chi connectivity index (χ3n) is 4.17. The van der Waals surface area contributed by atoms with Crippen LogP contribution < -0.4 is 10.1 Å². The van der Waals surface area contributed by atoms with E-state index < -0.39 is 23.6 Å². The number of nitrogens with one attached hydrogen (secondary N) is 1. The highest BCUT2D eigenvalue weighted by molar-refractivity contribution is 5.95. The van der Waals surface area contributed by atoms with Crippen LogP contribution in [-0.4, -0.2) is 22.0 Å². The van der Waals surface area contributed by atoms with E-state index in [1.165, 1.54) is 19.1 Å². The molecule has 2 aromatic carbocycles. The minimum atomic E-state index is -1.14. The van der Waals surface area contributed by atoms with E-state index in [2.05, 4.69) is 15.3 Å². The maximum absolute atomic E-state index is 13.7. The molecule has 146 valence electrons. The van der Waals surface area contributed by atoms with Crippen LogP contribution in [0.15, 0.2) is 65.3 Å². The summed E-state index contributed by atoms with van der Waals surface area (Å²) in [5.74, 6) is -2.60. The van der Waals surface area contributed by atoms with Crippen molar-refractivity contribution in [2.45, 2.75) is 13.0 Å². The van der Waals surface area contributed by atoms with Crippen LogP contribution in [0.1, 0.15) is 6.92 Å². The number of aromatic nitrogens is 2. The molecule has 0 aliphatic heterocycles. The van der Waals surface area contributed by atoms with Gasteiger partial charge in [0.15, 0.2) is 23.3 Å². The number of hydrogen-bond acceptors (Lipinski definition) is 5. The van der Waals surface area contributed by atoms with E-state index in [0.29, 0.717) is 22.7 Å². The van der Waals surface area contributed by atoms with E-state index in [4.69, 9.17) is 9.15 Å². The molecule has 1 atom stereocenters. The molecule has 0 bridgehead atoms. The average Bonchev–Trinajstić information content (AvgIpc) is 3.15. The molecule has 6 nitrogen and oxygen atoms in total. The predicted octanol–water partition coefficient (Wildman–Crippen LogP) is 4.57. The van der Waals surface area contributed by atoms with E-state index in [-0.39, 0.29) is 5.75 Å². The second-order valence-electron chi connectivity index (χ2n) is 6.24. The SMILES string of the molecule is C[C@H](Oc1cccc(F)c1F)C(=O)Nc1ccc2oc(-c3ccncc3)nc2c1. The lowest BCUT2D eigenvalue weighted by molar-refractivity contribution is -0.122. The van der Waals surface area contributed by atoms with Gasteiger partial charge in [0.2, 0.25) is 11.7 Å². The maximum Gasteiger partial charge on any atom is 0.265 e. The zero-order chi connectivity index (χ0) is 20.4. The Labute approximate surface area is 164 Å². The van der Waals surface area contributed by atoms with Gasteiger partial charge in [0.1, 0.15) is 5.52 Å². The fourth-order valence-electron chi connectivity index (χ4n) is 2.69. The minimum Gasteiger partial charge on any atom is -0.478 e. The Morgan fingerprint density at radius 1 is 1.14 bits per heavy atom. The minimum absolute atomic E-state index is 0.332. The second-order valence-corrected chi connectivity index (χ2v) is 6.24. The Balaban J connectivity index is 1.49. The number of nitrogens with zero attached hydrogens (tertiary/aromatic N) is 2. The summed E-state index contributed by atoms with van der Waals surface area (Å²) >= 11 is 0. The van der Waals surface area contributed by atoms with Gasteiger partial charge >= 0.3 is 0 Å². The van der Waals surface area contributed by atoms with Gasteiger partial charge in [-0.1, -0.05) is 6.07 Å². The normalized spacial score (nSPS) is 12.0. The number of carbonyl (C=O) groups is 1. The first-order valence-corrected chi connectivity index (χ1v) is 8.74. The number of oxazole rings is 1. The largest absolute Gasteiger partial charge is 0.478 e. The van der Waals surface area contributed by atoms with Crippen molar-refractivity contribution in [3.63, 3.8) is 0 Å². The lowest BCUT2D eigenvalue weighted by Gasteiger charge is -2.15. The van der Waals surface area contributed by atoms with Crippen molar-refractivity contribution >= 4 is 22.7 Å². The quantitative estimate of drug-likeness (QED) is 0.535. The number of anilines is 1. The van der Waals surface area contributed by atoms with Gasteiger partial charge in [-0.25, -0.2) is 9.37 Å². The summed E-state index contributed by atoms with van der Waals surface area (Å²) in [6.45, 7) is 1.44. The van der Waals surface area contributed by atoms with Gasteiger partial charge in [-0.05, 0) is 49.4 Å². The highest BCUT2D eigenvalue weighted by Crippen LogP contribution is 2.26. The number of carbonyl (C=O) groups excluding carboxylic acids is 1. The number of benzene rings is 2. The van der Waals surface area contributed by atoms with Crippen molar-refractivity contribution < 1.29 is 22.7 Å². The van der Waals surface area contributed by atoms with Crippen molar-refractivity contribution in [1.29, 1.82) is 0 Å². The summed E-state index contributed by atoms with van der Waals surface area (Å²) in [5, 5.41) is 2.67. The van der Waals surface area contributed by atoms with Gasteiger partial charge < -0.3 is 14.5 Å². The summed E-state index contributed by atoms with van der Waals surface area (Å²) < 4.78 is 37.9. The maximum atomic E-state index is 13.7. The number of hydrogen-bond donors (Lipinski definition) is 1. The lowest BCUT2D eigenvalue weighted by atomic mass is 10.2. The molecule has 0 spiro atoms. The van der Waals surface area contributed by atoms with E-state index in [9.17, 15) is 13.6 Å². The Morgan fingerprint density at radius 3 is 2.72 bits per heavy atom. The highest BCUT2D eigenvalue weighted by atomic mass is 19.2. The molecule has 1 amide bonds. The fraction of sp³-hybridized carbons (Fsp3) is 0.0952. The molecule has 0 fully saturated rings. The van der Waals surface area contributed by atoms with Crippen molar-refractivity contribution in [2.24, 2.45) is 0 Å². The first kappa shape index (κ1) is 18.5. The summed E-state index contributed by atoms with van der Waals surface area (Å²) in [7, 11) is 0. The van der Waals surface area contributed by atoms with Crippen LogP contribution in [0.3, 0.4) is 0 Å². The van der Waals surface area contributed by atoms with Gasteiger partial charge in [0, 0.05) is 23.6 Å². The molecule has 0 radical (unpaired) electrons. The Kier molecular flexibility index (Phi) is 4.90. The number of pyridine rings is 1.